The molecule has 19 heavy (non-hydrogen) atoms. The highest BCUT2D eigenvalue weighted by molar-refractivity contribution is 6.35. The van der Waals surface area contributed by atoms with Crippen molar-refractivity contribution in [3.63, 3.8) is 0 Å². The molecule has 0 spiro atoms. The number of amides is 2. The van der Waals surface area contributed by atoms with Gasteiger partial charge in [-0.3, -0.25) is 9.59 Å². The van der Waals surface area contributed by atoms with Crippen LogP contribution in [-0.4, -0.2) is 24.5 Å². The van der Waals surface area contributed by atoms with Gasteiger partial charge in [0.2, 0.25) is 0 Å². The summed E-state index contributed by atoms with van der Waals surface area (Å²) < 4.78 is 5.11. The maximum absolute atomic E-state index is 11.4. The molecular weight excluding hydrogens is 293 g/mol. The maximum Gasteiger partial charge on any atom is 0.259 e. The molecule has 1 aromatic carbocycles. The van der Waals surface area contributed by atoms with E-state index in [1.807, 2.05) is 0 Å². The van der Waals surface area contributed by atoms with Crippen molar-refractivity contribution in [1.82, 2.24) is 5.32 Å². The highest BCUT2D eigenvalue weighted by Gasteiger charge is 2.17. The fraction of sp³-hybridized carbons (Fsp3) is 0.182. The highest BCUT2D eigenvalue weighted by Crippen LogP contribution is 2.27. The lowest BCUT2D eigenvalue weighted by atomic mass is 10.3. The summed E-state index contributed by atoms with van der Waals surface area (Å²) in [7, 11) is 0. The number of hydrogen-bond donors (Lipinski definition) is 2. The van der Waals surface area contributed by atoms with Gasteiger partial charge in [0.05, 0.1) is 11.1 Å². The van der Waals surface area contributed by atoms with Crippen molar-refractivity contribution >= 4 is 35.0 Å². The number of nitrogens with one attached hydrogen (secondary N) is 1. The first-order chi connectivity index (χ1) is 8.93. The molecule has 1 unspecified atom stereocenters. The molecule has 0 aliphatic heterocycles. The number of nitrogens with two attached hydrogens (primary N) is 1. The number of hydrogen-bond acceptors (Lipinski definition) is 4. The Bertz CT molecular complexity index is 542. The molecule has 0 aliphatic carbocycles. The van der Waals surface area contributed by atoms with Gasteiger partial charge in [0.25, 0.3) is 11.8 Å². The SMILES string of the molecule is N#CC(NC(=O)COc1ccc(Cl)cc1Cl)C(N)=O. The minimum absolute atomic E-state index is 0.243. The number of halogens is 2. The van der Waals surface area contributed by atoms with Crippen LogP contribution in [0.25, 0.3) is 0 Å². The van der Waals surface area contributed by atoms with Crippen LogP contribution >= 0.6 is 23.2 Å². The van der Waals surface area contributed by atoms with E-state index in [0.717, 1.165) is 0 Å². The van der Waals surface area contributed by atoms with Crippen LogP contribution < -0.4 is 15.8 Å². The first-order valence-electron chi connectivity index (χ1n) is 5.00. The average Bonchev–Trinajstić information content (AvgIpc) is 2.34. The topological polar surface area (TPSA) is 105 Å². The monoisotopic (exact) mass is 301 g/mol. The average molecular weight is 302 g/mol. The zero-order valence-electron chi connectivity index (χ0n) is 9.52. The fourth-order valence-electron chi connectivity index (χ4n) is 1.11. The van der Waals surface area contributed by atoms with Crippen LogP contribution in [0.4, 0.5) is 0 Å². The van der Waals surface area contributed by atoms with Crippen LogP contribution in [0.2, 0.25) is 10.0 Å². The molecule has 0 aliphatic rings. The highest BCUT2D eigenvalue weighted by atomic mass is 35.5. The van der Waals surface area contributed by atoms with E-state index < -0.39 is 24.5 Å². The summed E-state index contributed by atoms with van der Waals surface area (Å²) in [5.74, 6) is -1.36. The normalized spacial score (nSPS) is 11.2. The lowest BCUT2D eigenvalue weighted by Gasteiger charge is -2.10. The number of nitriles is 1. The number of primary amides is 1. The number of carbonyl (C=O) groups is 2. The van der Waals surface area contributed by atoms with E-state index in [9.17, 15) is 9.59 Å². The summed E-state index contributed by atoms with van der Waals surface area (Å²) in [6.45, 7) is -0.410. The Morgan fingerprint density at radius 3 is 2.68 bits per heavy atom. The standard InChI is InChI=1S/C11H9Cl2N3O3/c12-6-1-2-9(7(13)3-6)19-5-10(17)16-8(4-14)11(15)18/h1-3,8H,5H2,(H2,15,18)(H,16,17). The molecule has 0 saturated heterocycles. The van der Waals surface area contributed by atoms with Gasteiger partial charge in [-0.2, -0.15) is 5.26 Å². The molecular formula is C11H9Cl2N3O3. The van der Waals surface area contributed by atoms with Gasteiger partial charge in [0, 0.05) is 5.02 Å². The summed E-state index contributed by atoms with van der Waals surface area (Å²) >= 11 is 11.5. The van der Waals surface area contributed by atoms with Gasteiger partial charge in [0.1, 0.15) is 5.75 Å². The van der Waals surface area contributed by atoms with E-state index in [0.29, 0.717) is 5.02 Å². The van der Waals surface area contributed by atoms with Gasteiger partial charge in [-0.1, -0.05) is 23.2 Å². The van der Waals surface area contributed by atoms with Crippen molar-refractivity contribution in [1.29, 1.82) is 5.26 Å². The largest absolute Gasteiger partial charge is 0.482 e. The minimum atomic E-state index is -1.39. The lowest BCUT2D eigenvalue weighted by molar-refractivity contribution is -0.127. The molecule has 0 fully saturated rings. The van der Waals surface area contributed by atoms with Crippen molar-refractivity contribution in [2.75, 3.05) is 6.61 Å². The Morgan fingerprint density at radius 2 is 2.16 bits per heavy atom. The van der Waals surface area contributed by atoms with Gasteiger partial charge in [0.15, 0.2) is 12.6 Å². The van der Waals surface area contributed by atoms with E-state index >= 15 is 0 Å². The predicted molar refractivity (Wildman–Crippen MR) is 68.7 cm³/mol. The summed E-state index contributed by atoms with van der Waals surface area (Å²) in [5, 5.41) is 11.3. The third-order valence-electron chi connectivity index (χ3n) is 1.97. The number of ether oxygens (including phenoxy) is 1. The van der Waals surface area contributed by atoms with E-state index in [1.165, 1.54) is 12.1 Å². The molecule has 1 rings (SSSR count). The zero-order valence-corrected chi connectivity index (χ0v) is 11.0. The van der Waals surface area contributed by atoms with E-state index in [2.05, 4.69) is 5.32 Å². The smallest absolute Gasteiger partial charge is 0.259 e. The molecule has 1 aromatic rings. The fourth-order valence-corrected chi connectivity index (χ4v) is 1.57. The molecule has 8 heteroatoms. The number of benzene rings is 1. The quantitative estimate of drug-likeness (QED) is 0.841. The Balaban J connectivity index is 2.55. The Hall–Kier alpha value is -1.97. The Morgan fingerprint density at radius 1 is 1.47 bits per heavy atom. The summed E-state index contributed by atoms with van der Waals surface area (Å²) in [6.07, 6.45) is 0. The zero-order chi connectivity index (χ0) is 14.4. The second kappa shape index (κ2) is 6.83. The van der Waals surface area contributed by atoms with E-state index in [-0.39, 0.29) is 10.8 Å². The van der Waals surface area contributed by atoms with Gasteiger partial charge in [-0.25, -0.2) is 0 Å². The van der Waals surface area contributed by atoms with Crippen LogP contribution in [0.1, 0.15) is 0 Å². The van der Waals surface area contributed by atoms with Gasteiger partial charge >= 0.3 is 0 Å². The van der Waals surface area contributed by atoms with Crippen LogP contribution in [0.3, 0.4) is 0 Å². The van der Waals surface area contributed by atoms with Crippen molar-refractivity contribution in [2.45, 2.75) is 6.04 Å². The number of nitrogens with zero attached hydrogens (tertiary/aromatic N) is 1. The second-order valence-electron chi connectivity index (χ2n) is 3.40. The van der Waals surface area contributed by atoms with Crippen LogP contribution in [0.15, 0.2) is 18.2 Å². The van der Waals surface area contributed by atoms with Crippen LogP contribution in [-0.2, 0) is 9.59 Å². The van der Waals surface area contributed by atoms with Crippen molar-refractivity contribution in [3.05, 3.63) is 28.2 Å². The molecule has 0 heterocycles. The molecule has 0 radical (unpaired) electrons. The first kappa shape index (κ1) is 15.1. The first-order valence-corrected chi connectivity index (χ1v) is 5.75. The minimum Gasteiger partial charge on any atom is -0.482 e. The second-order valence-corrected chi connectivity index (χ2v) is 4.24. The molecule has 2 amide bonds. The molecule has 6 nitrogen and oxygen atoms in total. The Labute approximate surface area is 119 Å². The number of carbonyl (C=O) groups excluding carboxylic acids is 2. The lowest BCUT2D eigenvalue weighted by Crippen LogP contribution is -2.45. The molecule has 3 N–H and O–H groups in total. The van der Waals surface area contributed by atoms with Gasteiger partial charge in [-0.15, -0.1) is 0 Å². The maximum atomic E-state index is 11.4. The van der Waals surface area contributed by atoms with Gasteiger partial charge < -0.3 is 15.8 Å². The van der Waals surface area contributed by atoms with Gasteiger partial charge in [-0.05, 0) is 18.2 Å². The Kier molecular flexibility index (Phi) is 5.42. The molecule has 0 saturated carbocycles. The van der Waals surface area contributed by atoms with Crippen LogP contribution in [0.5, 0.6) is 5.75 Å². The van der Waals surface area contributed by atoms with E-state index in [4.69, 9.17) is 38.9 Å². The van der Waals surface area contributed by atoms with Crippen molar-refractivity contribution in [2.24, 2.45) is 5.73 Å². The van der Waals surface area contributed by atoms with Crippen molar-refractivity contribution < 1.29 is 14.3 Å². The molecule has 100 valence electrons. The third-order valence-corrected chi connectivity index (χ3v) is 2.50. The van der Waals surface area contributed by atoms with Crippen molar-refractivity contribution in [3.8, 4) is 11.8 Å². The molecule has 1 atom stereocenters. The molecule has 0 bridgehead atoms. The number of rotatable bonds is 5. The molecule has 0 aromatic heterocycles. The summed E-state index contributed by atoms with van der Waals surface area (Å²) in [6, 6.07) is 4.65. The van der Waals surface area contributed by atoms with Crippen LogP contribution in [0, 0.1) is 11.3 Å². The van der Waals surface area contributed by atoms with E-state index in [1.54, 1.807) is 12.1 Å². The summed E-state index contributed by atoms with van der Waals surface area (Å²) in [5.41, 5.74) is 4.89. The summed E-state index contributed by atoms with van der Waals surface area (Å²) in [4.78, 5) is 22.1. The third kappa shape index (κ3) is 4.66. The predicted octanol–water partition coefficient (Wildman–Crippen LogP) is 0.866.